The fraction of sp³-hybridized carbons (Fsp3) is 0.273. The van der Waals surface area contributed by atoms with Crippen LogP contribution in [0.5, 0.6) is 0 Å². The molecular formula is C11H14N4O. The van der Waals surface area contributed by atoms with Crippen LogP contribution in [0.4, 0.5) is 5.69 Å². The maximum atomic E-state index is 10.8. The van der Waals surface area contributed by atoms with Crippen molar-refractivity contribution >= 4 is 18.3 Å². The Bertz CT molecular complexity index is 430. The van der Waals surface area contributed by atoms with Crippen molar-refractivity contribution < 1.29 is 4.79 Å². The van der Waals surface area contributed by atoms with Gasteiger partial charge in [0.15, 0.2) is 0 Å². The van der Waals surface area contributed by atoms with Gasteiger partial charge in [-0.1, -0.05) is 0 Å². The molecule has 0 radical (unpaired) electrons. The van der Waals surface area contributed by atoms with Crippen LogP contribution in [0.1, 0.15) is 22.1 Å². The van der Waals surface area contributed by atoms with Gasteiger partial charge in [-0.3, -0.25) is 20.1 Å². The van der Waals surface area contributed by atoms with E-state index < -0.39 is 0 Å². The van der Waals surface area contributed by atoms with Crippen molar-refractivity contribution in [3.05, 3.63) is 29.3 Å². The maximum absolute atomic E-state index is 10.8. The van der Waals surface area contributed by atoms with Gasteiger partial charge >= 0.3 is 0 Å². The molecule has 1 atom stereocenters. The average Bonchev–Trinajstić information content (AvgIpc) is 2.36. The molecule has 16 heavy (non-hydrogen) atoms. The first-order chi connectivity index (χ1) is 7.80. The Kier molecular flexibility index (Phi) is 2.98. The Morgan fingerprint density at radius 2 is 2.25 bits per heavy atom. The molecule has 5 heteroatoms. The molecule has 0 saturated carbocycles. The predicted octanol–water partition coefficient (Wildman–Crippen LogP) is 0.700. The summed E-state index contributed by atoms with van der Waals surface area (Å²) >= 11 is 0. The van der Waals surface area contributed by atoms with Gasteiger partial charge in [0, 0.05) is 18.2 Å². The van der Waals surface area contributed by atoms with Crippen LogP contribution in [0.15, 0.2) is 23.2 Å². The molecule has 2 N–H and O–H groups in total. The highest BCUT2D eigenvalue weighted by atomic mass is 16.1. The maximum Gasteiger partial charge on any atom is 0.150 e. The van der Waals surface area contributed by atoms with Crippen molar-refractivity contribution in [1.82, 2.24) is 10.7 Å². The third-order valence-corrected chi connectivity index (χ3v) is 2.59. The summed E-state index contributed by atoms with van der Waals surface area (Å²) in [4.78, 5) is 15.1. The Hall–Kier alpha value is -1.72. The third kappa shape index (κ3) is 1.70. The molecule has 1 unspecified atom stereocenters. The first-order valence-corrected chi connectivity index (χ1v) is 5.06. The van der Waals surface area contributed by atoms with Gasteiger partial charge in [0.1, 0.15) is 18.8 Å². The van der Waals surface area contributed by atoms with E-state index in [9.17, 15) is 4.79 Å². The van der Waals surface area contributed by atoms with E-state index >= 15 is 0 Å². The minimum Gasteiger partial charge on any atom is -0.298 e. The number of aldehydes is 1. The minimum atomic E-state index is -0.0977. The van der Waals surface area contributed by atoms with Crippen molar-refractivity contribution in [2.24, 2.45) is 4.99 Å². The smallest absolute Gasteiger partial charge is 0.150 e. The fourth-order valence-corrected chi connectivity index (χ4v) is 1.77. The van der Waals surface area contributed by atoms with E-state index in [0.29, 0.717) is 5.56 Å². The molecule has 2 rings (SSSR count). The Balaban J connectivity index is 2.50. The lowest BCUT2D eigenvalue weighted by molar-refractivity contribution is 0.112. The molecule has 0 aromatic heterocycles. The van der Waals surface area contributed by atoms with E-state index in [1.165, 1.54) is 0 Å². The fourth-order valence-electron chi connectivity index (χ4n) is 1.77. The average molecular weight is 218 g/mol. The summed E-state index contributed by atoms with van der Waals surface area (Å²) in [5, 5.41) is 4.90. The standard InChI is InChI=1S/C11H14N4O/c1-12-11-9-5-8(6-16)3-4-10(9)15(13-2)7-14-11/h3-7,11-13H,1-2H3. The lowest BCUT2D eigenvalue weighted by atomic mass is 10.1. The molecule has 0 saturated heterocycles. The summed E-state index contributed by atoms with van der Waals surface area (Å²) in [5.41, 5.74) is 5.66. The number of fused-ring (bicyclic) bond motifs is 1. The molecule has 1 aromatic carbocycles. The number of aliphatic imine (C=N–C) groups is 1. The molecule has 1 aliphatic rings. The van der Waals surface area contributed by atoms with Gasteiger partial charge < -0.3 is 0 Å². The van der Waals surface area contributed by atoms with E-state index in [-0.39, 0.29) is 6.17 Å². The summed E-state index contributed by atoms with van der Waals surface area (Å²) in [6.45, 7) is 0. The number of hydrogen-bond acceptors (Lipinski definition) is 5. The van der Waals surface area contributed by atoms with E-state index in [2.05, 4.69) is 15.7 Å². The second kappa shape index (κ2) is 4.42. The van der Waals surface area contributed by atoms with Crippen LogP contribution in [-0.2, 0) is 0 Å². The normalized spacial score (nSPS) is 18.4. The second-order valence-electron chi connectivity index (χ2n) is 3.49. The number of hydrazine groups is 1. The third-order valence-electron chi connectivity index (χ3n) is 2.59. The zero-order valence-corrected chi connectivity index (χ0v) is 9.27. The number of nitrogens with one attached hydrogen (secondary N) is 2. The molecule has 0 aliphatic carbocycles. The summed E-state index contributed by atoms with van der Waals surface area (Å²) < 4.78 is 0. The van der Waals surface area contributed by atoms with E-state index in [1.807, 2.05) is 31.2 Å². The van der Waals surface area contributed by atoms with Gasteiger partial charge in [-0.2, -0.15) is 0 Å². The molecule has 1 aromatic rings. The molecule has 0 amide bonds. The lowest BCUT2D eigenvalue weighted by Gasteiger charge is -2.28. The van der Waals surface area contributed by atoms with Crippen LogP contribution in [0.2, 0.25) is 0 Å². The number of anilines is 1. The zero-order valence-electron chi connectivity index (χ0n) is 9.27. The highest BCUT2D eigenvalue weighted by molar-refractivity contribution is 5.85. The van der Waals surface area contributed by atoms with Gasteiger partial charge in [0.25, 0.3) is 0 Å². The molecule has 5 nitrogen and oxygen atoms in total. The van der Waals surface area contributed by atoms with E-state index in [4.69, 9.17) is 0 Å². The Morgan fingerprint density at radius 1 is 1.44 bits per heavy atom. The largest absolute Gasteiger partial charge is 0.298 e. The molecular weight excluding hydrogens is 204 g/mol. The summed E-state index contributed by atoms with van der Waals surface area (Å²) in [6.07, 6.45) is 2.47. The van der Waals surface area contributed by atoms with Gasteiger partial charge in [-0.25, -0.2) is 5.43 Å². The number of rotatable bonds is 3. The lowest BCUT2D eigenvalue weighted by Crippen LogP contribution is -2.38. The zero-order chi connectivity index (χ0) is 11.5. The predicted molar refractivity (Wildman–Crippen MR) is 63.7 cm³/mol. The van der Waals surface area contributed by atoms with Crippen LogP contribution in [-0.4, -0.2) is 26.7 Å². The number of carbonyl (C=O) groups excluding carboxylic acids is 1. The van der Waals surface area contributed by atoms with Crippen LogP contribution < -0.4 is 15.8 Å². The number of benzene rings is 1. The highest BCUT2D eigenvalue weighted by Crippen LogP contribution is 2.29. The molecule has 0 bridgehead atoms. The first-order valence-electron chi connectivity index (χ1n) is 5.06. The van der Waals surface area contributed by atoms with E-state index in [1.54, 1.807) is 12.4 Å². The Morgan fingerprint density at radius 3 is 2.88 bits per heavy atom. The first kappa shape index (κ1) is 10.8. The molecule has 1 aliphatic heterocycles. The molecule has 1 heterocycles. The SMILES string of the molecule is CNC1N=CN(NC)c2ccc(C=O)cc21. The second-order valence-corrected chi connectivity index (χ2v) is 3.49. The number of nitrogens with zero attached hydrogens (tertiary/aromatic N) is 2. The van der Waals surface area contributed by atoms with Crippen molar-refractivity contribution in [1.29, 1.82) is 0 Å². The van der Waals surface area contributed by atoms with E-state index in [0.717, 1.165) is 17.5 Å². The summed E-state index contributed by atoms with van der Waals surface area (Å²) in [6, 6.07) is 5.55. The van der Waals surface area contributed by atoms with Crippen molar-refractivity contribution in [3.8, 4) is 0 Å². The summed E-state index contributed by atoms with van der Waals surface area (Å²) in [7, 11) is 3.66. The van der Waals surface area contributed by atoms with Gasteiger partial charge in [-0.15, -0.1) is 0 Å². The van der Waals surface area contributed by atoms with Crippen molar-refractivity contribution in [3.63, 3.8) is 0 Å². The molecule has 0 spiro atoms. The van der Waals surface area contributed by atoms with Crippen LogP contribution in [0.25, 0.3) is 0 Å². The topological polar surface area (TPSA) is 56.7 Å². The van der Waals surface area contributed by atoms with Crippen LogP contribution in [0.3, 0.4) is 0 Å². The quantitative estimate of drug-likeness (QED) is 0.733. The molecule has 84 valence electrons. The Labute approximate surface area is 94.1 Å². The molecule has 0 fully saturated rings. The summed E-state index contributed by atoms with van der Waals surface area (Å²) in [5.74, 6) is 0. The van der Waals surface area contributed by atoms with Gasteiger partial charge in [0.05, 0.1) is 5.69 Å². The number of carbonyl (C=O) groups is 1. The van der Waals surface area contributed by atoms with Crippen molar-refractivity contribution in [2.45, 2.75) is 6.17 Å². The highest BCUT2D eigenvalue weighted by Gasteiger charge is 2.20. The van der Waals surface area contributed by atoms with Crippen LogP contribution in [0, 0.1) is 0 Å². The van der Waals surface area contributed by atoms with Gasteiger partial charge in [0.2, 0.25) is 0 Å². The number of hydrogen-bond donors (Lipinski definition) is 2. The minimum absolute atomic E-state index is 0.0977. The van der Waals surface area contributed by atoms with Crippen LogP contribution >= 0.6 is 0 Å². The van der Waals surface area contributed by atoms with Crippen molar-refractivity contribution in [2.75, 3.05) is 19.1 Å². The van der Waals surface area contributed by atoms with Gasteiger partial charge in [-0.05, 0) is 25.2 Å². The monoisotopic (exact) mass is 218 g/mol.